The second-order valence-electron chi connectivity index (χ2n) is 6.38. The van der Waals surface area contributed by atoms with Gasteiger partial charge in [-0.15, -0.1) is 0 Å². The summed E-state index contributed by atoms with van der Waals surface area (Å²) in [5.41, 5.74) is -0.129. The molecule has 18 heavy (non-hydrogen) atoms. The van der Waals surface area contributed by atoms with Crippen molar-refractivity contribution in [2.75, 3.05) is 0 Å². The summed E-state index contributed by atoms with van der Waals surface area (Å²) in [6, 6.07) is 0. The number of azo groups is 1. The predicted octanol–water partition coefficient (Wildman–Crippen LogP) is 6.33. The average Bonchev–Trinajstić information content (AvgIpc) is 2.25. The smallest absolute Gasteiger partial charge is 0.151 e. The molecule has 0 amide bonds. The van der Waals surface area contributed by atoms with Gasteiger partial charge in [0.2, 0.25) is 0 Å². The van der Waals surface area contributed by atoms with E-state index in [1.165, 1.54) is 38.5 Å². The van der Waals surface area contributed by atoms with E-state index < -0.39 is 5.00 Å². The van der Waals surface area contributed by atoms with E-state index in [1.54, 1.807) is 0 Å². The highest BCUT2D eigenvalue weighted by Gasteiger charge is 2.20. The molecule has 1 unspecified atom stereocenters. The predicted molar refractivity (Wildman–Crippen MR) is 81.5 cm³/mol. The minimum Gasteiger partial charge on any atom is -0.187 e. The molecular weight excluding hydrogens is 244 g/mol. The summed E-state index contributed by atoms with van der Waals surface area (Å²) in [7, 11) is 0. The van der Waals surface area contributed by atoms with E-state index in [0.717, 1.165) is 12.8 Å². The molecule has 0 aromatic rings. The maximum Gasteiger partial charge on any atom is 0.151 e. The number of nitrogens with zero attached hydrogens (tertiary/aromatic N) is 2. The summed E-state index contributed by atoms with van der Waals surface area (Å²) in [4.78, 5) is -0.517. The lowest BCUT2D eigenvalue weighted by Gasteiger charge is -2.18. The van der Waals surface area contributed by atoms with Crippen LogP contribution in [0.1, 0.15) is 86.0 Å². The lowest BCUT2D eigenvalue weighted by atomic mass is 10.1. The van der Waals surface area contributed by atoms with Crippen molar-refractivity contribution < 1.29 is 0 Å². The highest BCUT2D eigenvalue weighted by atomic mass is 35.5. The minimum absolute atomic E-state index is 0.129. The normalized spacial score (nSPS) is 16.1. The van der Waals surface area contributed by atoms with Gasteiger partial charge in [0, 0.05) is 0 Å². The van der Waals surface area contributed by atoms with Gasteiger partial charge in [-0.2, -0.15) is 10.2 Å². The monoisotopic (exact) mass is 274 g/mol. The Balaban J connectivity index is 3.68. The van der Waals surface area contributed by atoms with E-state index in [9.17, 15) is 0 Å². The quantitative estimate of drug-likeness (QED) is 0.203. The standard InChI is InChI=1S/C15H31ClN2/c1-6-7-8-9-10-11-12-13-15(5,16)18-17-14(2,3)4/h6-13H2,1-5H3. The summed E-state index contributed by atoms with van der Waals surface area (Å²) < 4.78 is 0. The van der Waals surface area contributed by atoms with Crippen LogP contribution in [-0.2, 0) is 0 Å². The summed E-state index contributed by atoms with van der Waals surface area (Å²) in [5.74, 6) is 0. The third-order valence-corrected chi connectivity index (χ3v) is 3.06. The van der Waals surface area contributed by atoms with Crippen LogP contribution in [0.15, 0.2) is 10.2 Å². The van der Waals surface area contributed by atoms with Crippen molar-refractivity contribution in [3.05, 3.63) is 0 Å². The number of hydrogen-bond donors (Lipinski definition) is 0. The molecule has 2 nitrogen and oxygen atoms in total. The first kappa shape index (κ1) is 17.9. The molecule has 3 heteroatoms. The van der Waals surface area contributed by atoms with Gasteiger partial charge in [0.1, 0.15) is 0 Å². The molecule has 0 saturated carbocycles. The van der Waals surface area contributed by atoms with Gasteiger partial charge in [0.05, 0.1) is 5.54 Å². The van der Waals surface area contributed by atoms with Crippen molar-refractivity contribution >= 4 is 11.6 Å². The first-order valence-electron chi connectivity index (χ1n) is 7.40. The molecule has 0 aliphatic rings. The van der Waals surface area contributed by atoms with E-state index in [-0.39, 0.29) is 5.54 Å². The second-order valence-corrected chi connectivity index (χ2v) is 7.20. The fraction of sp³-hybridized carbons (Fsp3) is 1.00. The molecule has 0 bridgehead atoms. The number of rotatable bonds is 9. The molecule has 0 spiro atoms. The number of unbranched alkanes of at least 4 members (excludes halogenated alkanes) is 6. The molecule has 0 heterocycles. The van der Waals surface area contributed by atoms with Gasteiger partial charge in [-0.3, -0.25) is 0 Å². The Morgan fingerprint density at radius 3 is 1.78 bits per heavy atom. The zero-order chi connectivity index (χ0) is 14.1. The molecule has 0 radical (unpaired) electrons. The van der Waals surface area contributed by atoms with Crippen molar-refractivity contribution in [1.29, 1.82) is 0 Å². The summed E-state index contributed by atoms with van der Waals surface area (Å²) in [6.07, 6.45) is 10.1. The van der Waals surface area contributed by atoms with Crippen LogP contribution in [-0.4, -0.2) is 10.5 Å². The van der Waals surface area contributed by atoms with Crippen LogP contribution in [0, 0.1) is 0 Å². The average molecular weight is 275 g/mol. The Bertz CT molecular complexity index is 229. The first-order valence-corrected chi connectivity index (χ1v) is 7.77. The molecule has 108 valence electrons. The third-order valence-electron chi connectivity index (χ3n) is 2.80. The number of hydrogen-bond acceptors (Lipinski definition) is 2. The third kappa shape index (κ3) is 12.3. The van der Waals surface area contributed by atoms with Crippen molar-refractivity contribution in [3.8, 4) is 0 Å². The van der Waals surface area contributed by atoms with E-state index in [1.807, 2.05) is 27.7 Å². The molecule has 0 N–H and O–H groups in total. The van der Waals surface area contributed by atoms with E-state index in [4.69, 9.17) is 11.6 Å². The van der Waals surface area contributed by atoms with Crippen molar-refractivity contribution in [2.45, 2.75) is 96.5 Å². The summed E-state index contributed by atoms with van der Waals surface area (Å²) in [5, 5.41) is 8.53. The molecule has 0 saturated heterocycles. The summed E-state index contributed by atoms with van der Waals surface area (Å²) >= 11 is 6.34. The van der Waals surface area contributed by atoms with Gasteiger partial charge in [0.15, 0.2) is 5.00 Å². The van der Waals surface area contributed by atoms with Crippen molar-refractivity contribution in [1.82, 2.24) is 0 Å². The maximum atomic E-state index is 6.34. The summed E-state index contributed by atoms with van der Waals surface area (Å²) in [6.45, 7) is 10.3. The van der Waals surface area contributed by atoms with Crippen LogP contribution < -0.4 is 0 Å². The molecule has 0 rings (SSSR count). The van der Waals surface area contributed by atoms with Crippen molar-refractivity contribution in [2.24, 2.45) is 10.2 Å². The van der Waals surface area contributed by atoms with Crippen LogP contribution in [0.2, 0.25) is 0 Å². The first-order chi connectivity index (χ1) is 8.27. The van der Waals surface area contributed by atoms with Gasteiger partial charge >= 0.3 is 0 Å². The number of halogens is 1. The van der Waals surface area contributed by atoms with Crippen LogP contribution in [0.25, 0.3) is 0 Å². The van der Waals surface area contributed by atoms with Crippen LogP contribution in [0.5, 0.6) is 0 Å². The second kappa shape index (κ2) is 8.90. The Labute approximate surface area is 119 Å². The zero-order valence-electron chi connectivity index (χ0n) is 12.9. The van der Waals surface area contributed by atoms with Crippen LogP contribution in [0.4, 0.5) is 0 Å². The minimum atomic E-state index is -0.517. The topological polar surface area (TPSA) is 24.7 Å². The van der Waals surface area contributed by atoms with Gasteiger partial charge in [-0.05, 0) is 40.5 Å². The van der Waals surface area contributed by atoms with Crippen molar-refractivity contribution in [3.63, 3.8) is 0 Å². The lowest BCUT2D eigenvalue weighted by Crippen LogP contribution is -2.16. The molecule has 0 aromatic carbocycles. The van der Waals surface area contributed by atoms with E-state index in [0.29, 0.717) is 0 Å². The SMILES string of the molecule is CCCCCCCCCC(C)(Cl)N=NC(C)(C)C. The Hall–Kier alpha value is -0.110. The van der Waals surface area contributed by atoms with Gasteiger partial charge in [0.25, 0.3) is 0 Å². The zero-order valence-corrected chi connectivity index (χ0v) is 13.7. The Morgan fingerprint density at radius 1 is 0.778 bits per heavy atom. The van der Waals surface area contributed by atoms with Crippen LogP contribution in [0.3, 0.4) is 0 Å². The van der Waals surface area contributed by atoms with Crippen LogP contribution >= 0.6 is 11.6 Å². The van der Waals surface area contributed by atoms with Gasteiger partial charge < -0.3 is 0 Å². The van der Waals surface area contributed by atoms with E-state index in [2.05, 4.69) is 17.2 Å². The highest BCUT2D eigenvalue weighted by molar-refractivity contribution is 6.23. The largest absolute Gasteiger partial charge is 0.187 e. The van der Waals surface area contributed by atoms with Gasteiger partial charge in [-0.1, -0.05) is 57.0 Å². The molecule has 0 aliphatic heterocycles. The lowest BCUT2D eigenvalue weighted by molar-refractivity contribution is 0.462. The highest BCUT2D eigenvalue weighted by Crippen LogP contribution is 2.26. The Morgan fingerprint density at radius 2 is 1.28 bits per heavy atom. The maximum absolute atomic E-state index is 6.34. The fourth-order valence-electron chi connectivity index (χ4n) is 1.71. The fourth-order valence-corrected chi connectivity index (χ4v) is 1.88. The number of alkyl halides is 1. The molecule has 0 fully saturated rings. The Kier molecular flexibility index (Phi) is 8.85. The molecular formula is C15H31ClN2. The molecule has 1 atom stereocenters. The van der Waals surface area contributed by atoms with Gasteiger partial charge in [-0.25, -0.2) is 0 Å². The molecule has 0 aromatic heterocycles. The molecule has 0 aliphatic carbocycles. The van der Waals surface area contributed by atoms with E-state index >= 15 is 0 Å².